The van der Waals surface area contributed by atoms with Gasteiger partial charge in [-0.2, -0.15) is 0 Å². The highest BCUT2D eigenvalue weighted by molar-refractivity contribution is 5.41. The molecule has 0 saturated carbocycles. The van der Waals surface area contributed by atoms with E-state index in [4.69, 9.17) is 9.47 Å². The molecule has 2 rings (SSSR count). The number of hydrogen-bond acceptors (Lipinski definition) is 3. The molecule has 0 radical (unpaired) electrons. The van der Waals surface area contributed by atoms with Crippen LogP contribution in [0.2, 0.25) is 0 Å². The maximum Gasteiger partial charge on any atom is 0.123 e. The first-order valence-corrected chi connectivity index (χ1v) is 6.20. The summed E-state index contributed by atoms with van der Waals surface area (Å²) in [5.74, 6) is 1.71. The Kier molecular flexibility index (Phi) is 4.61. The van der Waals surface area contributed by atoms with Gasteiger partial charge in [0.05, 0.1) is 20.0 Å². The van der Waals surface area contributed by atoms with Crippen molar-refractivity contribution in [2.45, 2.75) is 13.0 Å². The summed E-state index contributed by atoms with van der Waals surface area (Å²) in [7, 11) is 1.66. The summed E-state index contributed by atoms with van der Waals surface area (Å²) in [4.78, 5) is 4.00. The zero-order valence-electron chi connectivity index (χ0n) is 11.1. The van der Waals surface area contributed by atoms with Crippen LogP contribution in [0.15, 0.2) is 49.6 Å². The zero-order valence-corrected chi connectivity index (χ0v) is 11.1. The fraction of sp³-hybridized carbons (Fsp3) is 0.267. The molecule has 100 valence electrons. The first-order chi connectivity index (χ1) is 9.33. The lowest BCUT2D eigenvalue weighted by atomic mass is 10.1. The lowest BCUT2D eigenvalue weighted by Gasteiger charge is -2.12. The van der Waals surface area contributed by atoms with E-state index >= 15 is 0 Å². The van der Waals surface area contributed by atoms with Crippen molar-refractivity contribution in [1.29, 1.82) is 0 Å². The Hall–Kier alpha value is -2.23. The molecule has 0 bridgehead atoms. The smallest absolute Gasteiger partial charge is 0.123 e. The van der Waals surface area contributed by atoms with Crippen molar-refractivity contribution in [1.82, 2.24) is 9.55 Å². The minimum Gasteiger partial charge on any atom is -0.497 e. The zero-order chi connectivity index (χ0) is 13.5. The van der Waals surface area contributed by atoms with Crippen molar-refractivity contribution in [3.8, 4) is 11.5 Å². The Morgan fingerprint density at radius 3 is 3.00 bits per heavy atom. The van der Waals surface area contributed by atoms with Crippen LogP contribution in [-0.4, -0.2) is 23.3 Å². The Bertz CT molecular complexity index is 521. The molecule has 0 atom stereocenters. The second-order valence-electron chi connectivity index (χ2n) is 4.12. The van der Waals surface area contributed by atoms with Crippen LogP contribution in [0.25, 0.3) is 0 Å². The number of imidazole rings is 1. The lowest BCUT2D eigenvalue weighted by Crippen LogP contribution is -2.07. The number of hydrogen-bond donors (Lipinski definition) is 0. The normalized spacial score (nSPS) is 10.2. The molecule has 1 aromatic heterocycles. The van der Waals surface area contributed by atoms with E-state index in [-0.39, 0.29) is 0 Å². The molecular formula is C15H18N2O2. The van der Waals surface area contributed by atoms with Crippen LogP contribution in [0.3, 0.4) is 0 Å². The minimum absolute atomic E-state index is 0.604. The van der Waals surface area contributed by atoms with Gasteiger partial charge in [0.1, 0.15) is 18.1 Å². The third-order valence-corrected chi connectivity index (χ3v) is 2.80. The van der Waals surface area contributed by atoms with Crippen molar-refractivity contribution < 1.29 is 9.47 Å². The summed E-state index contributed by atoms with van der Waals surface area (Å²) in [6, 6.07) is 5.82. The Morgan fingerprint density at radius 1 is 1.42 bits per heavy atom. The topological polar surface area (TPSA) is 36.3 Å². The molecule has 0 spiro atoms. The second kappa shape index (κ2) is 6.64. The van der Waals surface area contributed by atoms with E-state index in [0.717, 1.165) is 30.0 Å². The number of aromatic nitrogens is 2. The van der Waals surface area contributed by atoms with Crippen LogP contribution in [0, 0.1) is 0 Å². The van der Waals surface area contributed by atoms with E-state index in [9.17, 15) is 0 Å². The molecule has 1 aromatic carbocycles. The molecule has 0 unspecified atom stereocenters. The molecule has 0 N–H and O–H groups in total. The average Bonchev–Trinajstić information content (AvgIpc) is 2.94. The van der Waals surface area contributed by atoms with Crippen molar-refractivity contribution in [3.05, 3.63) is 55.1 Å². The average molecular weight is 258 g/mol. The summed E-state index contributed by atoms with van der Waals surface area (Å²) in [5, 5.41) is 0. The van der Waals surface area contributed by atoms with Gasteiger partial charge in [0.2, 0.25) is 0 Å². The molecule has 0 saturated heterocycles. The van der Waals surface area contributed by atoms with Gasteiger partial charge in [-0.15, -0.1) is 6.58 Å². The van der Waals surface area contributed by atoms with E-state index in [1.165, 1.54) is 0 Å². The van der Waals surface area contributed by atoms with Gasteiger partial charge in [0.15, 0.2) is 0 Å². The van der Waals surface area contributed by atoms with Gasteiger partial charge in [0.25, 0.3) is 0 Å². The van der Waals surface area contributed by atoms with Gasteiger partial charge >= 0.3 is 0 Å². The maximum absolute atomic E-state index is 5.81. The van der Waals surface area contributed by atoms with Crippen molar-refractivity contribution in [2.24, 2.45) is 0 Å². The first kappa shape index (κ1) is 13.2. The molecule has 19 heavy (non-hydrogen) atoms. The van der Waals surface area contributed by atoms with E-state index in [1.807, 2.05) is 35.0 Å². The van der Waals surface area contributed by atoms with Crippen LogP contribution in [0.4, 0.5) is 0 Å². The fourth-order valence-corrected chi connectivity index (χ4v) is 1.82. The quantitative estimate of drug-likeness (QED) is 0.716. The molecule has 0 aliphatic carbocycles. The number of ether oxygens (including phenoxy) is 2. The maximum atomic E-state index is 5.81. The number of benzene rings is 1. The summed E-state index contributed by atoms with van der Waals surface area (Å²) in [6.45, 7) is 5.15. The standard InChI is InChI=1S/C15H18N2O2/c1-3-4-13-11-14(18-2)5-6-15(13)19-10-9-17-8-7-16-12-17/h3,5-8,11-12H,1,4,9-10H2,2H3. The summed E-state index contributed by atoms with van der Waals surface area (Å²) in [5.41, 5.74) is 1.08. The highest BCUT2D eigenvalue weighted by Gasteiger charge is 2.04. The van der Waals surface area contributed by atoms with E-state index in [0.29, 0.717) is 6.61 Å². The molecule has 0 fully saturated rings. The molecule has 4 nitrogen and oxygen atoms in total. The third-order valence-electron chi connectivity index (χ3n) is 2.80. The molecule has 1 heterocycles. The van der Waals surface area contributed by atoms with Crippen LogP contribution in [0.1, 0.15) is 5.56 Å². The van der Waals surface area contributed by atoms with E-state index in [2.05, 4.69) is 11.6 Å². The predicted octanol–water partition coefficient (Wildman–Crippen LogP) is 2.70. The number of nitrogens with zero attached hydrogens (tertiary/aromatic N) is 2. The van der Waals surface area contributed by atoms with Crippen LogP contribution < -0.4 is 9.47 Å². The Labute approximate surface area is 113 Å². The van der Waals surface area contributed by atoms with Gasteiger partial charge in [-0.3, -0.25) is 0 Å². The minimum atomic E-state index is 0.604. The van der Waals surface area contributed by atoms with E-state index in [1.54, 1.807) is 19.6 Å². The van der Waals surface area contributed by atoms with E-state index < -0.39 is 0 Å². The Morgan fingerprint density at radius 2 is 2.32 bits per heavy atom. The Balaban J connectivity index is 2.00. The van der Waals surface area contributed by atoms with Crippen LogP contribution in [-0.2, 0) is 13.0 Å². The second-order valence-corrected chi connectivity index (χ2v) is 4.12. The van der Waals surface area contributed by atoms with Gasteiger partial charge in [-0.25, -0.2) is 4.98 Å². The molecule has 2 aromatic rings. The summed E-state index contributed by atoms with van der Waals surface area (Å²) in [6.07, 6.45) is 8.08. The number of methoxy groups -OCH3 is 1. The number of rotatable bonds is 7. The predicted molar refractivity (Wildman–Crippen MR) is 74.6 cm³/mol. The van der Waals surface area contributed by atoms with Crippen molar-refractivity contribution >= 4 is 0 Å². The number of allylic oxidation sites excluding steroid dienone is 1. The monoisotopic (exact) mass is 258 g/mol. The first-order valence-electron chi connectivity index (χ1n) is 6.20. The van der Waals surface area contributed by atoms with Crippen LogP contribution >= 0.6 is 0 Å². The van der Waals surface area contributed by atoms with Gasteiger partial charge in [-0.1, -0.05) is 6.08 Å². The van der Waals surface area contributed by atoms with Crippen LogP contribution in [0.5, 0.6) is 11.5 Å². The largest absolute Gasteiger partial charge is 0.497 e. The van der Waals surface area contributed by atoms with Gasteiger partial charge in [-0.05, 0) is 24.6 Å². The molecule has 4 heteroatoms. The molecule has 0 aliphatic heterocycles. The molecule has 0 amide bonds. The molecule has 0 aliphatic rings. The third kappa shape index (κ3) is 3.61. The highest BCUT2D eigenvalue weighted by Crippen LogP contribution is 2.24. The molecular weight excluding hydrogens is 240 g/mol. The van der Waals surface area contributed by atoms with Crippen molar-refractivity contribution in [2.75, 3.05) is 13.7 Å². The highest BCUT2D eigenvalue weighted by atomic mass is 16.5. The van der Waals surface area contributed by atoms with Gasteiger partial charge in [0, 0.05) is 18.0 Å². The summed E-state index contributed by atoms with van der Waals surface area (Å²) >= 11 is 0. The van der Waals surface area contributed by atoms with Gasteiger partial charge < -0.3 is 14.0 Å². The summed E-state index contributed by atoms with van der Waals surface area (Å²) < 4.78 is 13.0. The SMILES string of the molecule is C=CCc1cc(OC)ccc1OCCn1ccnc1. The van der Waals surface area contributed by atoms with Crippen molar-refractivity contribution in [3.63, 3.8) is 0 Å². The lowest BCUT2D eigenvalue weighted by molar-refractivity contribution is 0.295. The fourth-order valence-electron chi connectivity index (χ4n) is 1.82.